The van der Waals surface area contributed by atoms with Crippen LogP contribution in [-0.2, 0) is 6.54 Å². The Morgan fingerprint density at radius 2 is 1.88 bits per heavy atom. The molecule has 2 aromatic carbocycles. The van der Waals surface area contributed by atoms with Crippen molar-refractivity contribution in [3.63, 3.8) is 0 Å². The molecule has 3 heteroatoms. The van der Waals surface area contributed by atoms with Crippen LogP contribution in [0.15, 0.2) is 54.6 Å². The van der Waals surface area contributed by atoms with Crippen molar-refractivity contribution in [3.05, 3.63) is 71.3 Å². The molecule has 3 saturated heterocycles. The number of piperazine rings is 1. The molecule has 1 N–H and O–H groups in total. The Morgan fingerprint density at radius 1 is 1.12 bits per heavy atom. The van der Waals surface area contributed by atoms with Gasteiger partial charge in [0.25, 0.3) is 0 Å². The zero-order valence-electron chi connectivity index (χ0n) is 15.0. The molecule has 25 heavy (non-hydrogen) atoms. The summed E-state index contributed by atoms with van der Waals surface area (Å²) in [5.41, 5.74) is 4.08. The maximum absolute atomic E-state index is 5.34. The molecule has 3 heterocycles. The number of allylic oxidation sites excluding steroid dienone is 1. The molecule has 5 rings (SSSR count). The number of piperidine rings is 1. The van der Waals surface area contributed by atoms with Gasteiger partial charge in [-0.15, -0.1) is 0 Å². The van der Waals surface area contributed by atoms with Crippen LogP contribution < -0.4 is 10.1 Å². The average Bonchev–Trinajstić information content (AvgIpc) is 2.64. The molecule has 1 unspecified atom stereocenters. The third-order valence-electron chi connectivity index (χ3n) is 5.43. The minimum absolute atomic E-state index is 0.567. The molecule has 2 aromatic rings. The molecule has 130 valence electrons. The van der Waals surface area contributed by atoms with Crippen LogP contribution in [0, 0.1) is 0 Å². The number of hydrogen-bond acceptors (Lipinski definition) is 3. The molecule has 0 radical (unpaired) electrons. The molecular formula is C22H26N2O. The number of fused-ring (bicyclic) bond motifs is 2. The van der Waals surface area contributed by atoms with E-state index in [1.54, 1.807) is 7.11 Å². The Kier molecular flexibility index (Phi) is 4.60. The Balaban J connectivity index is 1.40. The topological polar surface area (TPSA) is 24.5 Å². The molecule has 3 nitrogen and oxygen atoms in total. The van der Waals surface area contributed by atoms with Gasteiger partial charge in [-0.3, -0.25) is 4.90 Å². The first-order valence-corrected chi connectivity index (χ1v) is 9.11. The van der Waals surface area contributed by atoms with Gasteiger partial charge >= 0.3 is 0 Å². The highest BCUT2D eigenvalue weighted by atomic mass is 16.5. The summed E-state index contributed by atoms with van der Waals surface area (Å²) in [4.78, 5) is 2.56. The van der Waals surface area contributed by atoms with Crippen molar-refractivity contribution in [2.75, 3.05) is 20.2 Å². The summed E-state index contributed by atoms with van der Waals surface area (Å²) in [6.45, 7) is 5.27. The minimum Gasteiger partial charge on any atom is -0.497 e. The van der Waals surface area contributed by atoms with E-state index >= 15 is 0 Å². The monoisotopic (exact) mass is 334 g/mol. The van der Waals surface area contributed by atoms with Gasteiger partial charge in [-0.1, -0.05) is 48.6 Å². The molecule has 2 bridgehead atoms. The summed E-state index contributed by atoms with van der Waals surface area (Å²) in [7, 11) is 1.73. The number of rotatable bonds is 5. The van der Waals surface area contributed by atoms with E-state index in [1.165, 1.54) is 16.7 Å². The highest BCUT2D eigenvalue weighted by molar-refractivity contribution is 5.50. The van der Waals surface area contributed by atoms with E-state index in [0.29, 0.717) is 18.0 Å². The van der Waals surface area contributed by atoms with Gasteiger partial charge in [-0.05, 0) is 35.7 Å². The Labute approximate surface area is 150 Å². The number of nitrogens with one attached hydrogen (secondary N) is 1. The zero-order valence-corrected chi connectivity index (χ0v) is 15.0. The number of benzene rings is 2. The standard InChI is InChI=1S/C22H26N2O/c1-3-5-16-8-10-18(11-9-16)22-20-14-24(15-21(22)23-20)13-17-6-4-7-19(12-17)25-2/h3-12,20-23H,13-15H2,1-2H3/t20-,21+,22?. The summed E-state index contributed by atoms with van der Waals surface area (Å²) < 4.78 is 5.34. The third kappa shape index (κ3) is 3.35. The fourth-order valence-corrected chi connectivity index (χ4v) is 4.25. The van der Waals surface area contributed by atoms with E-state index < -0.39 is 0 Å². The van der Waals surface area contributed by atoms with E-state index in [2.05, 4.69) is 71.8 Å². The molecule has 0 aliphatic carbocycles. The SMILES string of the molecule is CC=Cc1ccc(C2[C@@H]3CN(Cc4cccc(OC)c4)C[C@H]2N3)cc1. The Hall–Kier alpha value is -2.10. The van der Waals surface area contributed by atoms with Crippen molar-refractivity contribution in [3.8, 4) is 5.75 Å². The predicted molar refractivity (Wildman–Crippen MR) is 103 cm³/mol. The smallest absolute Gasteiger partial charge is 0.119 e. The first-order valence-electron chi connectivity index (χ1n) is 9.11. The van der Waals surface area contributed by atoms with E-state index in [9.17, 15) is 0 Å². The lowest BCUT2D eigenvalue weighted by molar-refractivity contribution is 0.0470. The third-order valence-corrected chi connectivity index (χ3v) is 5.43. The molecule has 0 saturated carbocycles. The molecule has 3 aliphatic rings. The summed E-state index contributed by atoms with van der Waals surface area (Å²) in [6, 6.07) is 18.6. The van der Waals surface area contributed by atoms with Gasteiger partial charge in [0.05, 0.1) is 7.11 Å². The second-order valence-electron chi connectivity index (χ2n) is 7.12. The van der Waals surface area contributed by atoms with Gasteiger partial charge in [0.2, 0.25) is 0 Å². The molecule has 0 spiro atoms. The highest BCUT2D eigenvalue weighted by Crippen LogP contribution is 2.37. The maximum atomic E-state index is 5.34. The van der Waals surface area contributed by atoms with Crippen molar-refractivity contribution in [2.24, 2.45) is 0 Å². The van der Waals surface area contributed by atoms with Crippen LogP contribution in [0.2, 0.25) is 0 Å². The fourth-order valence-electron chi connectivity index (χ4n) is 4.25. The second-order valence-corrected chi connectivity index (χ2v) is 7.12. The van der Waals surface area contributed by atoms with E-state index in [1.807, 2.05) is 6.07 Å². The first kappa shape index (κ1) is 16.4. The average molecular weight is 334 g/mol. The van der Waals surface area contributed by atoms with Gasteiger partial charge in [-0.25, -0.2) is 0 Å². The van der Waals surface area contributed by atoms with Crippen molar-refractivity contribution >= 4 is 6.08 Å². The quantitative estimate of drug-likeness (QED) is 0.903. The Bertz CT molecular complexity index is 741. The minimum atomic E-state index is 0.567. The molecule has 0 amide bonds. The van der Waals surface area contributed by atoms with Gasteiger partial charge in [0, 0.05) is 37.6 Å². The number of hydrogen-bond donors (Lipinski definition) is 1. The maximum Gasteiger partial charge on any atom is 0.119 e. The lowest BCUT2D eigenvalue weighted by Gasteiger charge is -2.55. The lowest BCUT2D eigenvalue weighted by atomic mass is 9.74. The van der Waals surface area contributed by atoms with Crippen LogP contribution in [0.3, 0.4) is 0 Å². The van der Waals surface area contributed by atoms with Crippen LogP contribution in [0.25, 0.3) is 6.08 Å². The fraction of sp³-hybridized carbons (Fsp3) is 0.364. The normalized spacial score (nSPS) is 25.8. The van der Waals surface area contributed by atoms with E-state index in [-0.39, 0.29) is 0 Å². The van der Waals surface area contributed by atoms with E-state index in [0.717, 1.165) is 25.4 Å². The summed E-state index contributed by atoms with van der Waals surface area (Å²) in [5.74, 6) is 1.60. The van der Waals surface area contributed by atoms with Crippen molar-refractivity contribution in [1.82, 2.24) is 10.2 Å². The van der Waals surface area contributed by atoms with Gasteiger partial charge in [0.15, 0.2) is 0 Å². The predicted octanol–water partition coefficient (Wildman–Crippen LogP) is 3.67. The van der Waals surface area contributed by atoms with Crippen molar-refractivity contribution in [2.45, 2.75) is 31.5 Å². The first-order chi connectivity index (χ1) is 12.3. The highest BCUT2D eigenvalue weighted by Gasteiger charge is 2.46. The van der Waals surface area contributed by atoms with Crippen molar-refractivity contribution < 1.29 is 4.74 Å². The summed E-state index contributed by atoms with van der Waals surface area (Å²) in [6.07, 6.45) is 4.24. The van der Waals surface area contributed by atoms with Crippen LogP contribution in [0.1, 0.15) is 29.5 Å². The van der Waals surface area contributed by atoms with E-state index in [4.69, 9.17) is 4.74 Å². The number of methoxy groups -OCH3 is 1. The number of nitrogens with zero attached hydrogens (tertiary/aromatic N) is 1. The molecule has 3 atom stereocenters. The summed E-state index contributed by atoms with van der Waals surface area (Å²) >= 11 is 0. The van der Waals surface area contributed by atoms with Crippen LogP contribution in [-0.4, -0.2) is 37.2 Å². The van der Waals surface area contributed by atoms with Gasteiger partial charge in [0.1, 0.15) is 5.75 Å². The van der Waals surface area contributed by atoms with Crippen molar-refractivity contribution in [1.29, 1.82) is 0 Å². The largest absolute Gasteiger partial charge is 0.497 e. The molecule has 3 fully saturated rings. The lowest BCUT2D eigenvalue weighted by Crippen LogP contribution is -2.71. The van der Waals surface area contributed by atoms with Crippen LogP contribution in [0.5, 0.6) is 5.75 Å². The Morgan fingerprint density at radius 3 is 2.56 bits per heavy atom. The zero-order chi connectivity index (χ0) is 17.2. The second kappa shape index (κ2) is 7.03. The molecular weight excluding hydrogens is 308 g/mol. The van der Waals surface area contributed by atoms with Gasteiger partial charge < -0.3 is 10.1 Å². The number of ether oxygens (including phenoxy) is 1. The molecule has 0 aromatic heterocycles. The van der Waals surface area contributed by atoms with Gasteiger partial charge in [-0.2, -0.15) is 0 Å². The van der Waals surface area contributed by atoms with Crippen LogP contribution >= 0.6 is 0 Å². The summed E-state index contributed by atoms with van der Waals surface area (Å²) in [5, 5.41) is 3.73. The molecule has 3 aliphatic heterocycles. The van der Waals surface area contributed by atoms with Crippen LogP contribution in [0.4, 0.5) is 0 Å².